The zero-order valence-corrected chi connectivity index (χ0v) is 14.3. The van der Waals surface area contributed by atoms with Crippen LogP contribution in [0.15, 0.2) is 18.2 Å². The Balaban J connectivity index is 3.17. The maximum absolute atomic E-state index is 12.2. The summed E-state index contributed by atoms with van der Waals surface area (Å²) < 4.78 is 30.3. The third-order valence-corrected chi connectivity index (χ3v) is 4.65. The van der Waals surface area contributed by atoms with Crippen molar-refractivity contribution in [1.82, 2.24) is 0 Å². The number of benzene rings is 1. The molecule has 0 saturated carbocycles. The summed E-state index contributed by atoms with van der Waals surface area (Å²) in [7, 11) is -3.66. The van der Waals surface area contributed by atoms with Gasteiger partial charge in [-0.1, -0.05) is 23.2 Å². The van der Waals surface area contributed by atoms with E-state index < -0.39 is 22.5 Å². The smallest absolute Gasteiger partial charge is 0.327 e. The van der Waals surface area contributed by atoms with E-state index in [2.05, 4.69) is 0 Å². The molecule has 1 aromatic rings. The number of ether oxygens (including phenoxy) is 1. The van der Waals surface area contributed by atoms with Crippen LogP contribution in [-0.4, -0.2) is 32.8 Å². The number of halogens is 2. The van der Waals surface area contributed by atoms with Gasteiger partial charge in [-0.25, -0.2) is 8.42 Å². The first-order valence-corrected chi connectivity index (χ1v) is 8.68. The molecule has 0 fully saturated rings. The summed E-state index contributed by atoms with van der Waals surface area (Å²) in [5.74, 6) is -0.801. The van der Waals surface area contributed by atoms with Gasteiger partial charge >= 0.3 is 5.97 Å². The summed E-state index contributed by atoms with van der Waals surface area (Å²) in [5.41, 5.74) is 0.232. The number of anilines is 1. The average Bonchev–Trinajstić information content (AvgIpc) is 2.33. The van der Waals surface area contributed by atoms with Crippen molar-refractivity contribution >= 4 is 44.9 Å². The Labute approximate surface area is 134 Å². The lowest BCUT2D eigenvalue weighted by Crippen LogP contribution is -2.38. The number of rotatable bonds is 6. The Kier molecular flexibility index (Phi) is 6.31. The Hall–Kier alpha value is -0.980. The molecule has 1 rings (SSSR count). The van der Waals surface area contributed by atoms with Crippen LogP contribution in [0, 0.1) is 0 Å². The van der Waals surface area contributed by atoms with Crippen molar-refractivity contribution in [2.45, 2.75) is 26.9 Å². The van der Waals surface area contributed by atoms with Gasteiger partial charge in [-0.3, -0.25) is 9.10 Å². The zero-order valence-electron chi connectivity index (χ0n) is 12.0. The lowest BCUT2D eigenvalue weighted by Gasteiger charge is -2.23. The Morgan fingerprint density at radius 1 is 1.24 bits per heavy atom. The van der Waals surface area contributed by atoms with Crippen LogP contribution in [0.1, 0.15) is 20.8 Å². The molecule has 0 amide bonds. The highest BCUT2D eigenvalue weighted by Crippen LogP contribution is 2.27. The second-order valence-electron chi connectivity index (χ2n) is 4.57. The van der Waals surface area contributed by atoms with Gasteiger partial charge in [0.2, 0.25) is 10.0 Å². The summed E-state index contributed by atoms with van der Waals surface area (Å²) in [6.07, 6.45) is -0.327. The number of esters is 1. The molecule has 0 bridgehead atoms. The van der Waals surface area contributed by atoms with Gasteiger partial charge in [0, 0.05) is 10.0 Å². The molecule has 21 heavy (non-hydrogen) atoms. The maximum Gasteiger partial charge on any atom is 0.327 e. The minimum Gasteiger partial charge on any atom is -0.462 e. The summed E-state index contributed by atoms with van der Waals surface area (Å²) in [6.45, 7) is 4.44. The molecule has 0 N–H and O–H groups in total. The van der Waals surface area contributed by atoms with Crippen molar-refractivity contribution in [2.75, 3.05) is 16.6 Å². The van der Waals surface area contributed by atoms with Gasteiger partial charge < -0.3 is 4.74 Å². The first-order valence-electron chi connectivity index (χ1n) is 6.31. The second kappa shape index (κ2) is 7.33. The quantitative estimate of drug-likeness (QED) is 0.737. The molecule has 0 spiro atoms. The van der Waals surface area contributed by atoms with Crippen molar-refractivity contribution < 1.29 is 17.9 Å². The maximum atomic E-state index is 12.2. The third kappa shape index (κ3) is 5.37. The Morgan fingerprint density at radius 2 is 1.76 bits per heavy atom. The molecular weight excluding hydrogens is 337 g/mol. The second-order valence-corrected chi connectivity index (χ2v) is 7.63. The van der Waals surface area contributed by atoms with Crippen LogP contribution in [0.2, 0.25) is 10.0 Å². The summed E-state index contributed by atoms with van der Waals surface area (Å²) >= 11 is 11.8. The molecule has 0 aliphatic rings. The van der Waals surface area contributed by atoms with Crippen LogP contribution in [-0.2, 0) is 19.6 Å². The number of hydrogen-bond acceptors (Lipinski definition) is 4. The van der Waals surface area contributed by atoms with Gasteiger partial charge in [0.25, 0.3) is 0 Å². The minimum absolute atomic E-state index is 0.161. The molecule has 0 aromatic heterocycles. The summed E-state index contributed by atoms with van der Waals surface area (Å²) in [5, 5.41) is 0.567. The van der Waals surface area contributed by atoms with E-state index in [9.17, 15) is 13.2 Å². The van der Waals surface area contributed by atoms with Crippen LogP contribution >= 0.6 is 23.2 Å². The average molecular weight is 354 g/mol. The van der Waals surface area contributed by atoms with E-state index in [-0.39, 0.29) is 27.6 Å². The molecule has 5 nitrogen and oxygen atoms in total. The topological polar surface area (TPSA) is 63.7 Å². The molecular formula is C13H17Cl2NO4S. The number of carbonyl (C=O) groups excluding carboxylic acids is 1. The van der Waals surface area contributed by atoms with Gasteiger partial charge in [-0.15, -0.1) is 0 Å². The van der Waals surface area contributed by atoms with Gasteiger partial charge in [0.05, 0.1) is 17.5 Å². The fourth-order valence-electron chi connectivity index (χ4n) is 1.61. The highest BCUT2D eigenvalue weighted by atomic mass is 35.5. The van der Waals surface area contributed by atoms with E-state index in [0.717, 1.165) is 4.31 Å². The normalized spacial score (nSPS) is 11.5. The van der Waals surface area contributed by atoms with Crippen LogP contribution in [0.4, 0.5) is 5.69 Å². The van der Waals surface area contributed by atoms with E-state index in [0.29, 0.717) is 0 Å². The molecule has 0 heterocycles. The standard InChI is InChI=1S/C13H17Cl2NO4S/c1-4-21(18,19)16(8-13(17)20-9(2)3)12-6-10(14)5-11(15)7-12/h5-7,9H,4,8H2,1-3H3. The van der Waals surface area contributed by atoms with E-state index in [1.165, 1.54) is 25.1 Å². The van der Waals surface area contributed by atoms with E-state index in [4.69, 9.17) is 27.9 Å². The first kappa shape index (κ1) is 18.1. The van der Waals surface area contributed by atoms with Crippen molar-refractivity contribution in [3.63, 3.8) is 0 Å². The predicted octanol–water partition coefficient (Wildman–Crippen LogP) is 3.10. The third-order valence-electron chi connectivity index (χ3n) is 2.48. The van der Waals surface area contributed by atoms with E-state index >= 15 is 0 Å². The zero-order chi connectivity index (χ0) is 16.2. The fourth-order valence-corrected chi connectivity index (χ4v) is 3.16. The lowest BCUT2D eigenvalue weighted by atomic mass is 10.3. The van der Waals surface area contributed by atoms with Crippen molar-refractivity contribution in [2.24, 2.45) is 0 Å². The largest absolute Gasteiger partial charge is 0.462 e. The minimum atomic E-state index is -3.66. The lowest BCUT2D eigenvalue weighted by molar-refractivity contribution is -0.145. The molecule has 118 valence electrons. The first-order chi connectivity index (χ1) is 9.65. The predicted molar refractivity (Wildman–Crippen MR) is 84.5 cm³/mol. The van der Waals surface area contributed by atoms with Gasteiger partial charge in [-0.2, -0.15) is 0 Å². The van der Waals surface area contributed by atoms with Crippen LogP contribution < -0.4 is 4.31 Å². The molecule has 0 unspecified atom stereocenters. The van der Waals surface area contributed by atoms with Crippen LogP contribution in [0.3, 0.4) is 0 Å². The summed E-state index contributed by atoms with van der Waals surface area (Å²) in [4.78, 5) is 11.8. The van der Waals surface area contributed by atoms with Crippen LogP contribution in [0.25, 0.3) is 0 Å². The molecule has 0 radical (unpaired) electrons. The fraction of sp³-hybridized carbons (Fsp3) is 0.462. The SMILES string of the molecule is CCS(=O)(=O)N(CC(=O)OC(C)C)c1cc(Cl)cc(Cl)c1. The highest BCUT2D eigenvalue weighted by molar-refractivity contribution is 7.92. The van der Waals surface area contributed by atoms with Gasteiger partial charge in [0.1, 0.15) is 6.54 Å². The van der Waals surface area contributed by atoms with Gasteiger partial charge in [-0.05, 0) is 39.0 Å². The monoisotopic (exact) mass is 353 g/mol. The molecule has 0 aliphatic carbocycles. The van der Waals surface area contributed by atoms with Crippen LogP contribution in [0.5, 0.6) is 0 Å². The number of sulfonamides is 1. The molecule has 0 atom stereocenters. The molecule has 0 aliphatic heterocycles. The van der Waals surface area contributed by atoms with Crippen molar-refractivity contribution in [3.05, 3.63) is 28.2 Å². The molecule has 8 heteroatoms. The Morgan fingerprint density at radius 3 is 2.19 bits per heavy atom. The molecule has 0 saturated heterocycles. The van der Waals surface area contributed by atoms with Crippen molar-refractivity contribution in [1.29, 1.82) is 0 Å². The number of nitrogens with zero attached hydrogens (tertiary/aromatic N) is 1. The Bertz CT molecular complexity index is 596. The highest BCUT2D eigenvalue weighted by Gasteiger charge is 2.25. The van der Waals surface area contributed by atoms with Gasteiger partial charge in [0.15, 0.2) is 0 Å². The van der Waals surface area contributed by atoms with Crippen molar-refractivity contribution in [3.8, 4) is 0 Å². The summed E-state index contributed by atoms with van der Waals surface area (Å²) in [6, 6.07) is 4.35. The number of carbonyl (C=O) groups is 1. The van der Waals surface area contributed by atoms with E-state index in [1.807, 2.05) is 0 Å². The van der Waals surface area contributed by atoms with E-state index in [1.54, 1.807) is 13.8 Å². The molecule has 1 aromatic carbocycles. The number of hydrogen-bond donors (Lipinski definition) is 0.